The van der Waals surface area contributed by atoms with E-state index in [1.807, 2.05) is 6.92 Å². The number of H-pyrrole nitrogens is 1. The zero-order valence-corrected chi connectivity index (χ0v) is 6.61. The van der Waals surface area contributed by atoms with Gasteiger partial charge in [0.25, 0.3) is 5.56 Å². The molecule has 0 aromatic carbocycles. The molecule has 12 heavy (non-hydrogen) atoms. The molecule has 0 aliphatic heterocycles. The Morgan fingerprint density at radius 1 is 1.58 bits per heavy atom. The minimum atomic E-state index is -0.0694. The molecule has 5 heteroatoms. The molecule has 0 bridgehead atoms. The maximum Gasteiger partial charge on any atom is 0.279 e. The van der Waals surface area contributed by atoms with Gasteiger partial charge in [-0.1, -0.05) is 0 Å². The summed E-state index contributed by atoms with van der Waals surface area (Å²) in [6.07, 6.45) is 2.98. The normalized spacial score (nSPS) is 10.8. The van der Waals surface area contributed by atoms with Crippen molar-refractivity contribution < 1.29 is 0 Å². The Morgan fingerprint density at radius 2 is 2.42 bits per heavy atom. The van der Waals surface area contributed by atoms with Crippen LogP contribution in [-0.4, -0.2) is 19.5 Å². The van der Waals surface area contributed by atoms with Gasteiger partial charge in [-0.2, -0.15) is 0 Å². The summed E-state index contributed by atoms with van der Waals surface area (Å²) in [5.74, 6) is 0. The number of rotatable bonds is 1. The molecule has 2 heterocycles. The highest BCUT2D eigenvalue weighted by Crippen LogP contribution is 1.96. The van der Waals surface area contributed by atoms with E-state index >= 15 is 0 Å². The highest BCUT2D eigenvalue weighted by Gasteiger charge is 2.03. The molecule has 0 spiro atoms. The molecule has 0 radical (unpaired) electrons. The van der Waals surface area contributed by atoms with Gasteiger partial charge >= 0.3 is 0 Å². The topological polar surface area (TPSA) is 63.6 Å². The summed E-state index contributed by atoms with van der Waals surface area (Å²) in [6.45, 7) is 2.52. The van der Waals surface area contributed by atoms with Crippen LogP contribution >= 0.6 is 0 Å². The van der Waals surface area contributed by atoms with E-state index in [2.05, 4.69) is 15.0 Å². The second-order valence-electron chi connectivity index (χ2n) is 2.44. The van der Waals surface area contributed by atoms with Gasteiger partial charge in [-0.05, 0) is 6.92 Å². The lowest BCUT2D eigenvalue weighted by molar-refractivity contribution is 0.716. The van der Waals surface area contributed by atoms with Crippen molar-refractivity contribution in [1.29, 1.82) is 0 Å². The van der Waals surface area contributed by atoms with Crippen LogP contribution in [0.4, 0.5) is 0 Å². The van der Waals surface area contributed by atoms with Gasteiger partial charge in [0, 0.05) is 6.54 Å². The number of hydrogen-bond donors (Lipinski definition) is 1. The third kappa shape index (κ3) is 0.827. The first-order chi connectivity index (χ1) is 5.83. The van der Waals surface area contributed by atoms with Crippen LogP contribution in [0.2, 0.25) is 0 Å². The second kappa shape index (κ2) is 2.44. The van der Waals surface area contributed by atoms with E-state index in [0.29, 0.717) is 17.7 Å². The van der Waals surface area contributed by atoms with Gasteiger partial charge in [0.15, 0.2) is 11.2 Å². The van der Waals surface area contributed by atoms with Crippen molar-refractivity contribution in [2.45, 2.75) is 13.5 Å². The fraction of sp³-hybridized carbons (Fsp3) is 0.286. The largest absolute Gasteiger partial charge is 0.339 e. The Bertz CT molecular complexity index is 456. The van der Waals surface area contributed by atoms with Crippen LogP contribution in [0, 0.1) is 0 Å². The van der Waals surface area contributed by atoms with E-state index in [-0.39, 0.29) is 5.56 Å². The Kier molecular flexibility index (Phi) is 1.43. The second-order valence-corrected chi connectivity index (χ2v) is 2.44. The summed E-state index contributed by atoms with van der Waals surface area (Å²) >= 11 is 0. The fourth-order valence-corrected chi connectivity index (χ4v) is 1.09. The molecule has 0 fully saturated rings. The number of aromatic amines is 1. The molecule has 0 saturated carbocycles. The Labute approximate surface area is 68.1 Å². The highest BCUT2D eigenvalue weighted by atomic mass is 16.1. The number of nitrogens with one attached hydrogen (secondary N) is 1. The summed E-state index contributed by atoms with van der Waals surface area (Å²) in [5, 5.41) is 0. The third-order valence-corrected chi connectivity index (χ3v) is 1.75. The zero-order chi connectivity index (χ0) is 8.55. The van der Waals surface area contributed by atoms with Crippen LogP contribution in [0.3, 0.4) is 0 Å². The first kappa shape index (κ1) is 7.02. The van der Waals surface area contributed by atoms with Gasteiger partial charge in [-0.15, -0.1) is 0 Å². The van der Waals surface area contributed by atoms with Crippen molar-refractivity contribution in [3.63, 3.8) is 0 Å². The molecule has 0 aliphatic rings. The molecular weight excluding hydrogens is 156 g/mol. The summed E-state index contributed by atoms with van der Waals surface area (Å²) < 4.78 is 1.53. The van der Waals surface area contributed by atoms with Gasteiger partial charge in [-0.3, -0.25) is 9.36 Å². The quantitative estimate of drug-likeness (QED) is 0.652. The average Bonchev–Trinajstić information content (AvgIpc) is 2.53. The number of aromatic nitrogens is 4. The molecule has 2 rings (SSSR count). The SMILES string of the molecule is CCn1cnc2nc[nH]c2c1=O. The molecule has 0 unspecified atom stereocenters. The molecule has 62 valence electrons. The Morgan fingerprint density at radius 3 is 3.17 bits per heavy atom. The van der Waals surface area contributed by atoms with E-state index in [4.69, 9.17) is 0 Å². The smallest absolute Gasteiger partial charge is 0.279 e. The van der Waals surface area contributed by atoms with Gasteiger partial charge in [-0.25, -0.2) is 9.97 Å². The van der Waals surface area contributed by atoms with Gasteiger partial charge in [0.1, 0.15) is 6.33 Å². The monoisotopic (exact) mass is 164 g/mol. The molecule has 0 atom stereocenters. The van der Waals surface area contributed by atoms with Crippen LogP contribution in [0.25, 0.3) is 11.2 Å². The first-order valence-electron chi connectivity index (χ1n) is 3.71. The first-order valence-corrected chi connectivity index (χ1v) is 3.71. The maximum atomic E-state index is 11.5. The standard InChI is InChI=1S/C7H8N4O/c1-2-11-4-10-6-5(7(11)12)8-3-9-6/h3-4H,2H2,1H3,(H,8,9). The van der Waals surface area contributed by atoms with Crippen molar-refractivity contribution >= 4 is 11.2 Å². The van der Waals surface area contributed by atoms with Crippen molar-refractivity contribution in [1.82, 2.24) is 19.5 Å². The predicted molar refractivity (Wildman–Crippen MR) is 43.8 cm³/mol. The predicted octanol–water partition coefficient (Wildman–Crippen LogP) is 0.139. The van der Waals surface area contributed by atoms with Crippen LogP contribution in [-0.2, 0) is 6.54 Å². The van der Waals surface area contributed by atoms with Crippen LogP contribution in [0.1, 0.15) is 6.92 Å². The van der Waals surface area contributed by atoms with Crippen molar-refractivity contribution in [2.24, 2.45) is 0 Å². The van der Waals surface area contributed by atoms with Gasteiger partial charge in [0.2, 0.25) is 0 Å². The summed E-state index contributed by atoms with van der Waals surface area (Å²) in [7, 11) is 0. The lowest BCUT2D eigenvalue weighted by Crippen LogP contribution is -2.19. The van der Waals surface area contributed by atoms with Crippen LogP contribution in [0.5, 0.6) is 0 Å². The molecular formula is C7H8N4O. The number of hydrogen-bond acceptors (Lipinski definition) is 3. The Balaban J connectivity index is 2.88. The number of aryl methyl sites for hydroxylation is 1. The minimum absolute atomic E-state index is 0.0694. The minimum Gasteiger partial charge on any atom is -0.339 e. The Hall–Kier alpha value is -1.65. The molecule has 0 saturated heterocycles. The van der Waals surface area contributed by atoms with E-state index < -0.39 is 0 Å². The van der Waals surface area contributed by atoms with Gasteiger partial charge < -0.3 is 4.98 Å². The fourth-order valence-electron chi connectivity index (χ4n) is 1.09. The maximum absolute atomic E-state index is 11.5. The molecule has 0 amide bonds. The average molecular weight is 164 g/mol. The summed E-state index contributed by atoms with van der Waals surface area (Å²) in [6, 6.07) is 0. The number of fused-ring (bicyclic) bond motifs is 1. The van der Waals surface area contributed by atoms with E-state index in [0.717, 1.165) is 0 Å². The number of imidazole rings is 1. The molecule has 1 N–H and O–H groups in total. The van der Waals surface area contributed by atoms with Crippen LogP contribution in [0.15, 0.2) is 17.4 Å². The third-order valence-electron chi connectivity index (χ3n) is 1.75. The van der Waals surface area contributed by atoms with Crippen molar-refractivity contribution in [3.8, 4) is 0 Å². The molecule has 2 aromatic rings. The number of nitrogens with zero attached hydrogens (tertiary/aromatic N) is 3. The molecule has 2 aromatic heterocycles. The van der Waals surface area contributed by atoms with E-state index in [9.17, 15) is 4.79 Å². The lowest BCUT2D eigenvalue weighted by atomic mass is 10.5. The van der Waals surface area contributed by atoms with Crippen molar-refractivity contribution in [2.75, 3.05) is 0 Å². The molecule has 0 aliphatic carbocycles. The molecule has 5 nitrogen and oxygen atoms in total. The van der Waals surface area contributed by atoms with E-state index in [1.165, 1.54) is 17.2 Å². The summed E-state index contributed by atoms with van der Waals surface area (Å²) in [5.41, 5.74) is 0.879. The zero-order valence-electron chi connectivity index (χ0n) is 6.61. The van der Waals surface area contributed by atoms with Gasteiger partial charge in [0.05, 0.1) is 6.33 Å². The van der Waals surface area contributed by atoms with E-state index in [1.54, 1.807) is 0 Å². The highest BCUT2D eigenvalue weighted by molar-refractivity contribution is 5.67. The summed E-state index contributed by atoms with van der Waals surface area (Å²) in [4.78, 5) is 22.1. The van der Waals surface area contributed by atoms with Crippen LogP contribution < -0.4 is 5.56 Å². The van der Waals surface area contributed by atoms with Crippen molar-refractivity contribution in [3.05, 3.63) is 23.0 Å². The lowest BCUT2D eigenvalue weighted by Gasteiger charge is -1.97.